The van der Waals surface area contributed by atoms with Gasteiger partial charge in [0.2, 0.25) is 0 Å². The van der Waals surface area contributed by atoms with Crippen LogP contribution in [0, 0.1) is 6.92 Å². The lowest BCUT2D eigenvalue weighted by atomic mass is 10.1. The van der Waals surface area contributed by atoms with Crippen LogP contribution in [0.2, 0.25) is 0 Å². The van der Waals surface area contributed by atoms with E-state index in [9.17, 15) is 19.2 Å². The highest BCUT2D eigenvalue weighted by molar-refractivity contribution is 7.99. The Hall–Kier alpha value is -4.95. The predicted molar refractivity (Wildman–Crippen MR) is 156 cm³/mol. The lowest BCUT2D eigenvalue weighted by Crippen LogP contribution is -2.30. The third kappa shape index (κ3) is 5.87. The molecule has 0 fully saturated rings. The van der Waals surface area contributed by atoms with Crippen LogP contribution in [0.5, 0.6) is 0 Å². The summed E-state index contributed by atoms with van der Waals surface area (Å²) >= 11 is 1.34. The molecule has 1 aliphatic rings. The Morgan fingerprint density at radius 1 is 0.775 bits per heavy atom. The van der Waals surface area contributed by atoms with Crippen molar-refractivity contribution in [2.24, 2.45) is 0 Å². The summed E-state index contributed by atoms with van der Waals surface area (Å²) in [5, 5.41) is 5.58. The van der Waals surface area contributed by atoms with Gasteiger partial charge >= 0.3 is 0 Å². The van der Waals surface area contributed by atoms with Gasteiger partial charge in [0.1, 0.15) is 5.70 Å². The second-order valence-electron chi connectivity index (χ2n) is 9.07. The number of amides is 4. The average molecular weight is 548 g/mol. The highest BCUT2D eigenvalue weighted by Gasteiger charge is 2.34. The molecule has 0 saturated heterocycles. The first-order valence-electron chi connectivity index (χ1n) is 12.5. The number of thioether (sulfide) groups is 1. The van der Waals surface area contributed by atoms with E-state index in [0.717, 1.165) is 16.0 Å². The van der Waals surface area contributed by atoms with E-state index in [0.29, 0.717) is 22.4 Å². The molecule has 0 atom stereocenters. The number of nitrogens with zero attached hydrogens (tertiary/aromatic N) is 1. The van der Waals surface area contributed by atoms with Crippen LogP contribution in [0.1, 0.15) is 42.2 Å². The maximum atomic E-state index is 13.3. The molecule has 5 rings (SSSR count). The first-order valence-corrected chi connectivity index (χ1v) is 13.5. The van der Waals surface area contributed by atoms with Crippen LogP contribution in [0.15, 0.2) is 114 Å². The van der Waals surface area contributed by atoms with Gasteiger partial charge in [-0.3, -0.25) is 24.1 Å². The molecule has 0 aliphatic carbocycles. The van der Waals surface area contributed by atoms with Crippen molar-refractivity contribution in [3.63, 3.8) is 0 Å². The van der Waals surface area contributed by atoms with Crippen molar-refractivity contribution < 1.29 is 19.2 Å². The Labute approximate surface area is 235 Å². The fourth-order valence-electron chi connectivity index (χ4n) is 4.18. The molecule has 4 amide bonds. The lowest BCUT2D eigenvalue weighted by molar-refractivity contribution is -0.113. The predicted octanol–water partition coefficient (Wildman–Crippen LogP) is 5.75. The third-order valence-electron chi connectivity index (χ3n) is 6.37. The highest BCUT2D eigenvalue weighted by Crippen LogP contribution is 2.28. The van der Waals surface area contributed by atoms with Gasteiger partial charge in [-0.15, -0.1) is 11.8 Å². The van der Waals surface area contributed by atoms with E-state index in [4.69, 9.17) is 0 Å². The van der Waals surface area contributed by atoms with E-state index in [1.165, 1.54) is 16.7 Å². The van der Waals surface area contributed by atoms with Gasteiger partial charge in [0.25, 0.3) is 23.6 Å². The minimum absolute atomic E-state index is 0.104. The Morgan fingerprint density at radius 3 is 2.02 bits per heavy atom. The number of nitrogens with one attached hydrogen (secondary N) is 2. The van der Waals surface area contributed by atoms with Crippen molar-refractivity contribution in [3.8, 4) is 0 Å². The molecule has 0 bridgehead atoms. The summed E-state index contributed by atoms with van der Waals surface area (Å²) in [7, 11) is 0. The molecule has 8 heteroatoms. The monoisotopic (exact) mass is 547 g/mol. The Kier molecular flexibility index (Phi) is 7.89. The van der Waals surface area contributed by atoms with Crippen LogP contribution < -0.4 is 10.6 Å². The topological polar surface area (TPSA) is 95.6 Å². The molecule has 0 aromatic heterocycles. The van der Waals surface area contributed by atoms with Crippen molar-refractivity contribution >= 4 is 47.2 Å². The molecule has 0 unspecified atom stereocenters. The normalized spacial score (nSPS) is 12.7. The van der Waals surface area contributed by atoms with Crippen molar-refractivity contribution in [2.45, 2.75) is 11.8 Å². The van der Waals surface area contributed by atoms with Gasteiger partial charge in [0.15, 0.2) is 0 Å². The van der Waals surface area contributed by atoms with Crippen LogP contribution in [-0.2, 0) is 4.79 Å². The van der Waals surface area contributed by atoms with Gasteiger partial charge in [-0.1, -0.05) is 54.6 Å². The molecular weight excluding hydrogens is 522 g/mol. The average Bonchev–Trinajstić information content (AvgIpc) is 3.22. The number of benzene rings is 4. The summed E-state index contributed by atoms with van der Waals surface area (Å²) in [5.41, 5.74) is 3.67. The molecule has 7 nitrogen and oxygen atoms in total. The van der Waals surface area contributed by atoms with Crippen molar-refractivity contribution in [3.05, 3.63) is 137 Å². The summed E-state index contributed by atoms with van der Waals surface area (Å²) < 4.78 is 0. The highest BCUT2D eigenvalue weighted by atomic mass is 32.2. The van der Waals surface area contributed by atoms with Crippen LogP contribution in [0.25, 0.3) is 6.08 Å². The second-order valence-corrected chi connectivity index (χ2v) is 10.1. The van der Waals surface area contributed by atoms with Crippen LogP contribution >= 0.6 is 11.8 Å². The summed E-state index contributed by atoms with van der Waals surface area (Å²) in [4.78, 5) is 53.4. The zero-order chi connectivity index (χ0) is 28.1. The van der Waals surface area contributed by atoms with Crippen molar-refractivity contribution in [2.75, 3.05) is 11.2 Å². The SMILES string of the molecule is Cc1ccccc1/C=C(\NC(=O)c1ccccc1)C(=O)Nc1ccc(SCN2C(=O)c3ccccc3C2=O)cc1. The second kappa shape index (κ2) is 11.8. The van der Waals surface area contributed by atoms with Gasteiger partial charge in [0.05, 0.1) is 17.0 Å². The minimum Gasteiger partial charge on any atom is -0.321 e. The zero-order valence-electron chi connectivity index (χ0n) is 21.6. The smallest absolute Gasteiger partial charge is 0.272 e. The molecule has 4 aromatic rings. The zero-order valence-corrected chi connectivity index (χ0v) is 22.4. The maximum absolute atomic E-state index is 13.3. The molecule has 0 saturated carbocycles. The summed E-state index contributed by atoms with van der Waals surface area (Å²) in [5.74, 6) is -1.30. The number of imide groups is 1. The lowest BCUT2D eigenvalue weighted by Gasteiger charge is -2.14. The Balaban J connectivity index is 1.27. The van der Waals surface area contributed by atoms with E-state index in [2.05, 4.69) is 10.6 Å². The number of rotatable bonds is 8. The fourth-order valence-corrected chi connectivity index (χ4v) is 5.02. The van der Waals surface area contributed by atoms with Crippen molar-refractivity contribution in [1.29, 1.82) is 0 Å². The van der Waals surface area contributed by atoms with Gasteiger partial charge in [-0.05, 0) is 72.7 Å². The fraction of sp³-hybridized carbons (Fsp3) is 0.0625. The van der Waals surface area contributed by atoms with E-state index in [1.54, 1.807) is 78.9 Å². The van der Waals surface area contributed by atoms with Gasteiger partial charge in [-0.2, -0.15) is 0 Å². The third-order valence-corrected chi connectivity index (χ3v) is 7.36. The van der Waals surface area contributed by atoms with Crippen LogP contribution in [-0.4, -0.2) is 34.4 Å². The number of carbonyl (C=O) groups is 4. The van der Waals surface area contributed by atoms with Crippen LogP contribution in [0.4, 0.5) is 5.69 Å². The molecule has 1 heterocycles. The molecule has 1 aliphatic heterocycles. The molecule has 0 spiro atoms. The first-order chi connectivity index (χ1) is 19.4. The van der Waals surface area contributed by atoms with Crippen molar-refractivity contribution in [1.82, 2.24) is 10.2 Å². The molecule has 40 heavy (non-hydrogen) atoms. The standard InChI is InChI=1S/C32H25N3O4S/c1-21-9-5-6-12-23(21)19-28(34-29(36)22-10-3-2-4-11-22)30(37)33-24-15-17-25(18-16-24)40-20-35-31(38)26-13-7-8-14-27(26)32(35)39/h2-19H,20H2,1H3,(H,33,37)(H,34,36)/b28-19-. The van der Waals surface area contributed by atoms with E-state index < -0.39 is 11.8 Å². The molecule has 0 radical (unpaired) electrons. The largest absolute Gasteiger partial charge is 0.321 e. The molecule has 198 valence electrons. The van der Waals surface area contributed by atoms with Crippen LogP contribution in [0.3, 0.4) is 0 Å². The summed E-state index contributed by atoms with van der Waals surface area (Å²) in [6.07, 6.45) is 1.65. The van der Waals surface area contributed by atoms with Gasteiger partial charge < -0.3 is 10.6 Å². The van der Waals surface area contributed by atoms with E-state index in [1.807, 2.05) is 37.3 Å². The number of hydrogen-bond acceptors (Lipinski definition) is 5. The number of anilines is 1. The van der Waals surface area contributed by atoms with E-state index >= 15 is 0 Å². The summed E-state index contributed by atoms with van der Waals surface area (Å²) in [6, 6.07) is 30.1. The molecule has 2 N–H and O–H groups in total. The first kappa shape index (κ1) is 26.6. The number of fused-ring (bicyclic) bond motifs is 1. The summed E-state index contributed by atoms with van der Waals surface area (Å²) in [6.45, 7) is 1.93. The quantitative estimate of drug-likeness (QED) is 0.166. The Bertz CT molecular complexity index is 1600. The van der Waals surface area contributed by atoms with E-state index in [-0.39, 0.29) is 23.4 Å². The molecular formula is C32H25N3O4S. The van der Waals surface area contributed by atoms with Gasteiger partial charge in [-0.25, -0.2) is 0 Å². The number of carbonyl (C=O) groups excluding carboxylic acids is 4. The van der Waals surface area contributed by atoms with Gasteiger partial charge in [0, 0.05) is 16.1 Å². The number of hydrogen-bond donors (Lipinski definition) is 2. The Morgan fingerprint density at radius 2 is 1.38 bits per heavy atom. The number of aryl methyl sites for hydroxylation is 1. The maximum Gasteiger partial charge on any atom is 0.272 e. The minimum atomic E-state index is -0.473. The molecule has 4 aromatic carbocycles.